The minimum Gasteiger partial charge on any atom is -0.301 e. The van der Waals surface area contributed by atoms with E-state index in [9.17, 15) is 4.79 Å². The highest BCUT2D eigenvalue weighted by molar-refractivity contribution is 5.84. The van der Waals surface area contributed by atoms with Crippen LogP contribution in [0, 0.1) is 17.3 Å². The van der Waals surface area contributed by atoms with Gasteiger partial charge in [-0.2, -0.15) is 0 Å². The van der Waals surface area contributed by atoms with E-state index < -0.39 is 0 Å². The van der Waals surface area contributed by atoms with Crippen LogP contribution in [0.5, 0.6) is 0 Å². The fourth-order valence-electron chi connectivity index (χ4n) is 2.59. The number of hydrogen-bond acceptors (Lipinski definition) is 2. The zero-order valence-electron chi connectivity index (χ0n) is 13.1. The van der Waals surface area contributed by atoms with Crippen molar-refractivity contribution in [2.75, 3.05) is 13.1 Å². The Kier molecular flexibility index (Phi) is 5.39. The van der Waals surface area contributed by atoms with Gasteiger partial charge in [-0.1, -0.05) is 27.7 Å². The molecule has 0 radical (unpaired) electrons. The van der Waals surface area contributed by atoms with Crippen molar-refractivity contribution in [2.24, 2.45) is 17.3 Å². The van der Waals surface area contributed by atoms with Crippen LogP contribution in [0.4, 0.5) is 0 Å². The Balaban J connectivity index is 2.53. The third-order valence-corrected chi connectivity index (χ3v) is 4.95. The molecule has 1 aliphatic rings. The van der Waals surface area contributed by atoms with Crippen molar-refractivity contribution in [2.45, 2.75) is 66.8 Å². The first-order valence-electron chi connectivity index (χ1n) is 7.53. The first kappa shape index (κ1) is 15.7. The van der Waals surface area contributed by atoms with Gasteiger partial charge in [-0.25, -0.2) is 0 Å². The fourth-order valence-corrected chi connectivity index (χ4v) is 2.59. The Labute approximate surface area is 113 Å². The number of nitrogens with zero attached hydrogens (tertiary/aromatic N) is 1. The Bertz CT molecular complexity index is 275. The Morgan fingerprint density at radius 3 is 2.00 bits per heavy atom. The topological polar surface area (TPSA) is 20.3 Å². The maximum atomic E-state index is 12.5. The van der Waals surface area contributed by atoms with Crippen LogP contribution in [0.1, 0.15) is 60.8 Å². The predicted molar refractivity (Wildman–Crippen MR) is 77.7 cm³/mol. The Morgan fingerprint density at radius 1 is 1.11 bits per heavy atom. The highest BCUT2D eigenvalue weighted by atomic mass is 16.1. The van der Waals surface area contributed by atoms with E-state index in [4.69, 9.17) is 0 Å². The van der Waals surface area contributed by atoms with E-state index in [1.807, 2.05) is 0 Å². The second-order valence-electron chi connectivity index (χ2n) is 7.04. The largest absolute Gasteiger partial charge is 0.301 e. The molecule has 0 aromatic heterocycles. The quantitative estimate of drug-likeness (QED) is 0.744. The summed E-state index contributed by atoms with van der Waals surface area (Å²) in [4.78, 5) is 15.0. The van der Waals surface area contributed by atoms with Gasteiger partial charge in [-0.3, -0.25) is 4.79 Å². The molecule has 1 heterocycles. The fraction of sp³-hybridized carbons (Fsp3) is 0.938. The number of carbonyl (C=O) groups excluding carboxylic acids is 1. The molecule has 0 saturated carbocycles. The molecular formula is C16H31NO. The van der Waals surface area contributed by atoms with Crippen LogP contribution in [0.15, 0.2) is 0 Å². The molecule has 0 bridgehead atoms. The van der Waals surface area contributed by atoms with Gasteiger partial charge in [0, 0.05) is 17.9 Å². The normalized spacial score (nSPS) is 22.4. The van der Waals surface area contributed by atoms with E-state index in [0.717, 1.165) is 32.4 Å². The van der Waals surface area contributed by atoms with E-state index in [1.165, 1.54) is 0 Å². The lowest BCUT2D eigenvalue weighted by molar-refractivity contribution is -0.132. The summed E-state index contributed by atoms with van der Waals surface area (Å²) in [5.74, 6) is 1.61. The Hall–Kier alpha value is -0.370. The second kappa shape index (κ2) is 6.18. The summed E-state index contributed by atoms with van der Waals surface area (Å²) in [6.45, 7) is 15.4. The van der Waals surface area contributed by atoms with Gasteiger partial charge in [0.15, 0.2) is 0 Å². The van der Waals surface area contributed by atoms with Crippen molar-refractivity contribution in [3.8, 4) is 0 Å². The van der Waals surface area contributed by atoms with Gasteiger partial charge in [0.2, 0.25) is 0 Å². The number of hydrogen-bond donors (Lipinski definition) is 0. The molecule has 0 N–H and O–H groups in total. The standard InChI is InChI=1S/C16H31NO/c1-12(2)14(5)11-15(18)16(6)7-9-17(10-8-16)13(3)4/h12-14H,7-11H2,1-6H3. The number of Topliss-reactive ketones (excluding diaryl/α,β-unsaturated/α-hetero) is 1. The number of carbonyl (C=O) groups is 1. The predicted octanol–water partition coefficient (Wildman–Crippen LogP) is 3.75. The van der Waals surface area contributed by atoms with Crippen molar-refractivity contribution in [1.82, 2.24) is 4.90 Å². The number of rotatable bonds is 5. The van der Waals surface area contributed by atoms with Gasteiger partial charge in [0.25, 0.3) is 0 Å². The summed E-state index contributed by atoms with van der Waals surface area (Å²) in [6.07, 6.45) is 2.83. The summed E-state index contributed by atoms with van der Waals surface area (Å²) >= 11 is 0. The van der Waals surface area contributed by atoms with Crippen molar-refractivity contribution < 1.29 is 4.79 Å². The molecule has 0 amide bonds. The zero-order chi connectivity index (χ0) is 13.9. The molecule has 0 aromatic carbocycles. The van der Waals surface area contributed by atoms with Crippen LogP contribution in [0.3, 0.4) is 0 Å². The molecule has 1 aliphatic heterocycles. The second-order valence-corrected chi connectivity index (χ2v) is 7.04. The highest BCUT2D eigenvalue weighted by Crippen LogP contribution is 2.35. The molecule has 1 rings (SSSR count). The van der Waals surface area contributed by atoms with E-state index in [1.54, 1.807) is 0 Å². The lowest BCUT2D eigenvalue weighted by Crippen LogP contribution is -2.45. The van der Waals surface area contributed by atoms with Gasteiger partial charge < -0.3 is 4.90 Å². The van der Waals surface area contributed by atoms with Crippen LogP contribution >= 0.6 is 0 Å². The monoisotopic (exact) mass is 253 g/mol. The zero-order valence-corrected chi connectivity index (χ0v) is 13.1. The Morgan fingerprint density at radius 2 is 1.61 bits per heavy atom. The number of piperidine rings is 1. The van der Waals surface area contributed by atoms with Gasteiger partial charge in [0.05, 0.1) is 0 Å². The molecule has 1 fully saturated rings. The maximum Gasteiger partial charge on any atom is 0.139 e. The molecule has 2 nitrogen and oxygen atoms in total. The summed E-state index contributed by atoms with van der Waals surface area (Å²) in [5, 5.41) is 0. The van der Waals surface area contributed by atoms with Crippen molar-refractivity contribution in [3.63, 3.8) is 0 Å². The van der Waals surface area contributed by atoms with Crippen LogP contribution in [0.25, 0.3) is 0 Å². The van der Waals surface area contributed by atoms with Crippen LogP contribution in [-0.4, -0.2) is 29.8 Å². The summed E-state index contributed by atoms with van der Waals surface area (Å²) in [6, 6.07) is 0.610. The maximum absolute atomic E-state index is 12.5. The molecule has 0 aromatic rings. The van der Waals surface area contributed by atoms with Crippen LogP contribution < -0.4 is 0 Å². The number of ketones is 1. The molecule has 1 unspecified atom stereocenters. The molecule has 106 valence electrons. The van der Waals surface area contributed by atoms with Crippen molar-refractivity contribution >= 4 is 5.78 Å². The first-order valence-corrected chi connectivity index (χ1v) is 7.53. The third kappa shape index (κ3) is 3.81. The smallest absolute Gasteiger partial charge is 0.139 e. The van der Waals surface area contributed by atoms with Crippen molar-refractivity contribution in [3.05, 3.63) is 0 Å². The number of likely N-dealkylation sites (tertiary alicyclic amines) is 1. The summed E-state index contributed by atoms with van der Waals surface area (Å²) < 4.78 is 0. The molecule has 0 spiro atoms. The average molecular weight is 253 g/mol. The molecular weight excluding hydrogens is 222 g/mol. The van der Waals surface area contributed by atoms with Gasteiger partial charge in [-0.15, -0.1) is 0 Å². The van der Waals surface area contributed by atoms with E-state index in [2.05, 4.69) is 46.4 Å². The third-order valence-electron chi connectivity index (χ3n) is 4.95. The van der Waals surface area contributed by atoms with Crippen LogP contribution in [0.2, 0.25) is 0 Å². The summed E-state index contributed by atoms with van der Waals surface area (Å²) in [5.41, 5.74) is -0.0610. The molecule has 1 saturated heterocycles. The lowest BCUT2D eigenvalue weighted by Gasteiger charge is -2.40. The first-order chi connectivity index (χ1) is 8.26. The minimum absolute atomic E-state index is 0.0610. The minimum atomic E-state index is -0.0610. The lowest BCUT2D eigenvalue weighted by atomic mass is 9.73. The van der Waals surface area contributed by atoms with E-state index in [0.29, 0.717) is 23.7 Å². The van der Waals surface area contributed by atoms with Gasteiger partial charge in [-0.05, 0) is 51.6 Å². The molecule has 2 heteroatoms. The molecule has 0 aliphatic carbocycles. The highest BCUT2D eigenvalue weighted by Gasteiger charge is 2.37. The van der Waals surface area contributed by atoms with Crippen molar-refractivity contribution in [1.29, 1.82) is 0 Å². The van der Waals surface area contributed by atoms with Gasteiger partial charge in [0.1, 0.15) is 5.78 Å². The summed E-state index contributed by atoms with van der Waals surface area (Å²) in [7, 11) is 0. The average Bonchev–Trinajstić information content (AvgIpc) is 2.29. The SMILES string of the molecule is CC(C)C(C)CC(=O)C1(C)CCN(C(C)C)CC1. The van der Waals surface area contributed by atoms with E-state index >= 15 is 0 Å². The molecule has 1 atom stereocenters. The van der Waals surface area contributed by atoms with E-state index in [-0.39, 0.29) is 5.41 Å². The van der Waals surface area contributed by atoms with Gasteiger partial charge >= 0.3 is 0 Å². The van der Waals surface area contributed by atoms with Crippen LogP contribution in [-0.2, 0) is 4.79 Å². The molecule has 18 heavy (non-hydrogen) atoms.